The van der Waals surface area contributed by atoms with E-state index in [0.29, 0.717) is 12.1 Å². The van der Waals surface area contributed by atoms with E-state index in [0.717, 1.165) is 29.3 Å². The molecule has 2 amide bonds. The summed E-state index contributed by atoms with van der Waals surface area (Å²) in [6, 6.07) is 6.00. The predicted octanol–water partition coefficient (Wildman–Crippen LogP) is -0.137. The van der Waals surface area contributed by atoms with Crippen molar-refractivity contribution >= 4 is 35.5 Å². The van der Waals surface area contributed by atoms with Crippen molar-refractivity contribution in [2.45, 2.75) is 48.5 Å². The zero-order chi connectivity index (χ0) is 21.6. The van der Waals surface area contributed by atoms with Crippen LogP contribution in [-0.2, 0) is 36.9 Å². The van der Waals surface area contributed by atoms with E-state index in [1.807, 2.05) is 6.07 Å². The number of fused-ring (bicyclic) bond motifs is 1. The first-order valence-corrected chi connectivity index (χ1v) is 9.87. The molecule has 0 unspecified atom stereocenters. The van der Waals surface area contributed by atoms with Gasteiger partial charge in [-0.3, -0.25) is 9.59 Å². The topological polar surface area (TPSA) is 139 Å². The minimum atomic E-state index is -1.94. The zero-order valence-electron chi connectivity index (χ0n) is 16.3. The highest BCUT2D eigenvalue weighted by Crippen LogP contribution is 2.55. The van der Waals surface area contributed by atoms with E-state index < -0.39 is 45.5 Å². The van der Waals surface area contributed by atoms with Gasteiger partial charge in [0.25, 0.3) is 5.91 Å². The third-order valence-corrected chi connectivity index (χ3v) is 6.85. The van der Waals surface area contributed by atoms with Crippen molar-refractivity contribution in [3.05, 3.63) is 35.4 Å². The number of β-lactam (4-membered cyclic amide) rings is 1. The molecule has 0 radical (unpaired) electrons. The molecule has 1 aromatic carbocycles. The van der Waals surface area contributed by atoms with Crippen LogP contribution in [0, 0.1) is 0 Å². The van der Waals surface area contributed by atoms with Crippen LogP contribution in [0.3, 0.4) is 0 Å². The van der Waals surface area contributed by atoms with Gasteiger partial charge in [-0.05, 0) is 25.0 Å². The minimum absolute atomic E-state index is 0.0665. The Hall–Kier alpha value is -2.59. The second kappa shape index (κ2) is 7.34. The van der Waals surface area contributed by atoms with Gasteiger partial charge in [0.2, 0.25) is 11.4 Å². The van der Waals surface area contributed by atoms with E-state index >= 15 is 0 Å². The van der Waals surface area contributed by atoms with E-state index in [2.05, 4.69) is 5.32 Å². The molecular formula is C19H23N3O6S. The first-order valence-electron chi connectivity index (χ1n) is 8.99. The van der Waals surface area contributed by atoms with Crippen LogP contribution < -0.4 is 11.1 Å². The van der Waals surface area contributed by atoms with Gasteiger partial charge in [-0.25, -0.2) is 9.59 Å². The average Bonchev–Trinajstić information content (AvgIpc) is 2.94. The molecule has 2 saturated heterocycles. The number of ether oxygens (including phenoxy) is 1. The molecule has 0 bridgehead atoms. The van der Waals surface area contributed by atoms with Gasteiger partial charge < -0.3 is 25.8 Å². The lowest BCUT2D eigenvalue weighted by Crippen LogP contribution is -2.82. The van der Waals surface area contributed by atoms with Crippen LogP contribution in [-0.4, -0.2) is 62.6 Å². The molecule has 0 spiro atoms. The fraction of sp³-hybridized carbons (Fsp3) is 0.474. The number of carbonyl (C=O) groups excluding carboxylic acids is 3. The third kappa shape index (κ3) is 3.25. The van der Waals surface area contributed by atoms with Gasteiger partial charge in [-0.1, -0.05) is 24.3 Å². The Morgan fingerprint density at radius 1 is 1.31 bits per heavy atom. The van der Waals surface area contributed by atoms with E-state index in [4.69, 9.17) is 10.5 Å². The lowest BCUT2D eigenvalue weighted by Gasteiger charge is -2.50. The Balaban J connectivity index is 1.87. The molecule has 9 nitrogen and oxygen atoms in total. The number of hydrogen-bond acceptors (Lipinski definition) is 7. The molecule has 3 rings (SSSR count). The lowest BCUT2D eigenvalue weighted by atomic mass is 9.84. The van der Waals surface area contributed by atoms with Crippen LogP contribution >= 0.6 is 11.8 Å². The van der Waals surface area contributed by atoms with Crippen LogP contribution in [0.5, 0.6) is 0 Å². The van der Waals surface area contributed by atoms with E-state index in [1.165, 1.54) is 0 Å². The summed E-state index contributed by atoms with van der Waals surface area (Å²) in [6.07, 6.45) is -0.0665. The van der Waals surface area contributed by atoms with Gasteiger partial charge in [0, 0.05) is 11.3 Å². The molecule has 2 fully saturated rings. The van der Waals surface area contributed by atoms with Crippen molar-refractivity contribution in [2.75, 3.05) is 7.11 Å². The normalized spacial score (nSPS) is 27.0. The number of thioether (sulfide) groups is 1. The molecule has 10 heteroatoms. The predicted molar refractivity (Wildman–Crippen MR) is 105 cm³/mol. The molecule has 2 heterocycles. The standard InChI is InChI=1S/C19H23N3O6S/c1-18(2)13(14(24)25)22-15(26)19(16(22)29-18,17(27)28-3)21-12(23)8-10-5-4-6-11(7-10)9-20/h4-7,13,16H,8-9,20H2,1-3H3,(H,21,23)(H,24,25)/t13-,16+,19-/m0/s1. The second-order valence-corrected chi connectivity index (χ2v) is 9.31. The summed E-state index contributed by atoms with van der Waals surface area (Å²) in [5.41, 5.74) is 5.20. The highest BCUT2D eigenvalue weighted by atomic mass is 32.2. The van der Waals surface area contributed by atoms with Crippen molar-refractivity contribution in [1.82, 2.24) is 10.2 Å². The molecule has 0 aliphatic carbocycles. The van der Waals surface area contributed by atoms with Gasteiger partial charge in [-0.15, -0.1) is 11.8 Å². The third-order valence-electron chi connectivity index (χ3n) is 5.22. The Labute approximate surface area is 171 Å². The largest absolute Gasteiger partial charge is 0.480 e. The fourth-order valence-electron chi connectivity index (χ4n) is 3.89. The highest BCUT2D eigenvalue weighted by Gasteiger charge is 2.76. The van der Waals surface area contributed by atoms with Crippen molar-refractivity contribution in [2.24, 2.45) is 5.73 Å². The molecule has 0 saturated carbocycles. The van der Waals surface area contributed by atoms with E-state index in [1.54, 1.807) is 32.0 Å². The number of nitrogens with one attached hydrogen (secondary N) is 1. The summed E-state index contributed by atoms with van der Waals surface area (Å²) >= 11 is 1.15. The van der Waals surface area contributed by atoms with Crippen LogP contribution in [0.25, 0.3) is 0 Å². The maximum Gasteiger partial charge on any atom is 0.344 e. The Morgan fingerprint density at radius 2 is 1.97 bits per heavy atom. The molecule has 29 heavy (non-hydrogen) atoms. The van der Waals surface area contributed by atoms with Crippen LogP contribution in [0.15, 0.2) is 24.3 Å². The minimum Gasteiger partial charge on any atom is -0.480 e. The number of carboxylic acids is 1. The second-order valence-electron chi connectivity index (χ2n) is 7.58. The quantitative estimate of drug-likeness (QED) is 0.328. The van der Waals surface area contributed by atoms with Crippen molar-refractivity contribution in [3.63, 3.8) is 0 Å². The Bertz CT molecular complexity index is 888. The van der Waals surface area contributed by atoms with Gasteiger partial charge in [0.15, 0.2) is 0 Å². The maximum atomic E-state index is 13.0. The number of hydrogen-bond donors (Lipinski definition) is 3. The number of rotatable bonds is 6. The number of amides is 2. The summed E-state index contributed by atoms with van der Waals surface area (Å²) in [6.45, 7) is 3.69. The van der Waals surface area contributed by atoms with Crippen molar-refractivity contribution in [3.8, 4) is 0 Å². The molecule has 0 aromatic heterocycles. The molecule has 3 atom stereocenters. The highest BCUT2D eigenvalue weighted by molar-refractivity contribution is 8.01. The summed E-state index contributed by atoms with van der Waals surface area (Å²) in [7, 11) is 1.12. The monoisotopic (exact) mass is 421 g/mol. The summed E-state index contributed by atoms with van der Waals surface area (Å²) in [4.78, 5) is 51.1. The van der Waals surface area contributed by atoms with Gasteiger partial charge in [-0.2, -0.15) is 0 Å². The number of carboxylic acid groups (broad SMARTS) is 1. The summed E-state index contributed by atoms with van der Waals surface area (Å²) in [5.74, 6) is -3.40. The lowest BCUT2D eigenvalue weighted by molar-refractivity contribution is -0.180. The fourth-order valence-corrected chi connectivity index (χ4v) is 5.57. The number of benzene rings is 1. The first-order chi connectivity index (χ1) is 13.6. The molecular weight excluding hydrogens is 398 g/mol. The average molecular weight is 421 g/mol. The van der Waals surface area contributed by atoms with Gasteiger partial charge in [0.1, 0.15) is 11.4 Å². The van der Waals surface area contributed by atoms with Crippen LogP contribution in [0.1, 0.15) is 25.0 Å². The summed E-state index contributed by atoms with van der Waals surface area (Å²) in [5, 5.41) is 11.2. The molecule has 1 aromatic rings. The Morgan fingerprint density at radius 3 is 2.55 bits per heavy atom. The maximum absolute atomic E-state index is 13.0. The van der Waals surface area contributed by atoms with Crippen molar-refractivity contribution < 1.29 is 29.0 Å². The number of aliphatic carboxylic acids is 1. The zero-order valence-corrected chi connectivity index (χ0v) is 17.1. The molecule has 2 aliphatic rings. The Kier molecular flexibility index (Phi) is 5.35. The molecule has 4 N–H and O–H groups in total. The summed E-state index contributed by atoms with van der Waals surface area (Å²) < 4.78 is 3.96. The van der Waals surface area contributed by atoms with E-state index in [-0.39, 0.29) is 6.42 Å². The number of esters is 1. The number of nitrogens with two attached hydrogens (primary N) is 1. The smallest absolute Gasteiger partial charge is 0.344 e. The van der Waals surface area contributed by atoms with E-state index in [9.17, 15) is 24.3 Å². The first kappa shape index (κ1) is 21.1. The molecule has 156 valence electrons. The van der Waals surface area contributed by atoms with Crippen LogP contribution in [0.4, 0.5) is 0 Å². The number of methoxy groups -OCH3 is 1. The van der Waals surface area contributed by atoms with Crippen molar-refractivity contribution in [1.29, 1.82) is 0 Å². The number of nitrogens with zero attached hydrogens (tertiary/aromatic N) is 1. The van der Waals surface area contributed by atoms with Gasteiger partial charge in [0.05, 0.1) is 13.5 Å². The SMILES string of the molecule is COC(=O)[C@]1(NC(=O)Cc2cccc(CN)c2)C(=O)N2[C@@H](C(=O)O)C(C)(C)S[C@@H]21. The number of carbonyl (C=O) groups is 4. The van der Waals surface area contributed by atoms with Crippen LogP contribution in [0.2, 0.25) is 0 Å². The molecule has 2 aliphatic heterocycles. The van der Waals surface area contributed by atoms with Gasteiger partial charge >= 0.3 is 11.9 Å².